The summed E-state index contributed by atoms with van der Waals surface area (Å²) in [7, 11) is 3.13. The van der Waals surface area contributed by atoms with Crippen molar-refractivity contribution in [1.29, 1.82) is 0 Å². The fraction of sp³-hybridized carbons (Fsp3) is 0.333. The Morgan fingerprint density at radius 2 is 1.94 bits per heavy atom. The van der Waals surface area contributed by atoms with Gasteiger partial charge in [-0.2, -0.15) is 0 Å². The Labute approximate surface area is 100 Å². The van der Waals surface area contributed by atoms with Crippen LogP contribution in [-0.2, 0) is 9.59 Å². The molecule has 2 N–H and O–H groups in total. The fourth-order valence-electron chi connectivity index (χ4n) is 1.62. The zero-order valence-corrected chi connectivity index (χ0v) is 9.88. The van der Waals surface area contributed by atoms with Gasteiger partial charge in [0.1, 0.15) is 6.04 Å². The van der Waals surface area contributed by atoms with Crippen molar-refractivity contribution in [3.8, 4) is 0 Å². The number of nitrogens with zero attached hydrogens (tertiary/aromatic N) is 1. The minimum absolute atomic E-state index is 0.0440. The highest BCUT2D eigenvalue weighted by Gasteiger charge is 2.25. The van der Waals surface area contributed by atoms with Gasteiger partial charge in [0.15, 0.2) is 0 Å². The first-order valence-corrected chi connectivity index (χ1v) is 5.25. The van der Waals surface area contributed by atoms with E-state index in [0.29, 0.717) is 5.56 Å². The molecule has 0 bridgehead atoms. The van der Waals surface area contributed by atoms with Gasteiger partial charge in [-0.15, -0.1) is 0 Å². The molecule has 0 aliphatic rings. The third-order valence-electron chi connectivity index (χ3n) is 2.46. The molecule has 0 aliphatic heterocycles. The summed E-state index contributed by atoms with van der Waals surface area (Å²) in [5.74, 6) is -1.18. The predicted octanol–water partition coefficient (Wildman–Crippen LogP) is 0.490. The Morgan fingerprint density at radius 1 is 1.35 bits per heavy atom. The third-order valence-corrected chi connectivity index (χ3v) is 2.46. The number of carboxylic acid groups (broad SMARTS) is 1. The fourth-order valence-corrected chi connectivity index (χ4v) is 1.62. The lowest BCUT2D eigenvalue weighted by Gasteiger charge is -2.23. The summed E-state index contributed by atoms with van der Waals surface area (Å²) in [5, 5.41) is 11.7. The van der Waals surface area contributed by atoms with Crippen molar-refractivity contribution in [3.05, 3.63) is 35.9 Å². The molecule has 92 valence electrons. The second-order valence-electron chi connectivity index (χ2n) is 3.74. The highest BCUT2D eigenvalue weighted by Crippen LogP contribution is 2.18. The van der Waals surface area contributed by atoms with Gasteiger partial charge >= 0.3 is 5.97 Å². The number of hydrogen-bond donors (Lipinski definition) is 2. The number of likely N-dealkylation sites (N-methyl/N-ethyl adjacent to an activating group) is 2. The number of amides is 1. The number of aliphatic carboxylic acids is 1. The van der Waals surface area contributed by atoms with Crippen LogP contribution in [-0.4, -0.2) is 42.5 Å². The van der Waals surface area contributed by atoms with Crippen LogP contribution in [0.4, 0.5) is 0 Å². The Kier molecular flexibility index (Phi) is 4.66. The van der Waals surface area contributed by atoms with Crippen LogP contribution in [0.25, 0.3) is 0 Å². The van der Waals surface area contributed by atoms with Gasteiger partial charge in [0.25, 0.3) is 0 Å². The van der Waals surface area contributed by atoms with Crippen molar-refractivity contribution in [3.63, 3.8) is 0 Å². The van der Waals surface area contributed by atoms with Gasteiger partial charge in [-0.1, -0.05) is 30.3 Å². The molecule has 1 aromatic rings. The molecular formula is C12H16N2O3. The molecule has 1 rings (SSSR count). The summed E-state index contributed by atoms with van der Waals surface area (Å²) in [6.07, 6.45) is 0. The van der Waals surface area contributed by atoms with E-state index in [1.807, 2.05) is 6.07 Å². The molecule has 0 spiro atoms. The Morgan fingerprint density at radius 3 is 2.41 bits per heavy atom. The van der Waals surface area contributed by atoms with Crippen molar-refractivity contribution in [1.82, 2.24) is 10.2 Å². The SMILES string of the molecule is CNC(=O)CN(C)C(C(=O)O)c1ccccc1. The van der Waals surface area contributed by atoms with E-state index in [1.54, 1.807) is 31.3 Å². The summed E-state index contributed by atoms with van der Waals surface area (Å²) < 4.78 is 0. The van der Waals surface area contributed by atoms with Crippen molar-refractivity contribution in [2.45, 2.75) is 6.04 Å². The molecule has 0 radical (unpaired) electrons. The number of benzene rings is 1. The van der Waals surface area contributed by atoms with Crippen LogP contribution >= 0.6 is 0 Å². The van der Waals surface area contributed by atoms with E-state index in [-0.39, 0.29) is 12.5 Å². The topological polar surface area (TPSA) is 69.6 Å². The van der Waals surface area contributed by atoms with Gasteiger partial charge in [0.2, 0.25) is 5.91 Å². The van der Waals surface area contributed by atoms with Crippen LogP contribution in [0.15, 0.2) is 30.3 Å². The molecule has 0 aliphatic carbocycles. The maximum absolute atomic E-state index is 11.2. The van der Waals surface area contributed by atoms with Gasteiger partial charge in [-0.05, 0) is 12.6 Å². The minimum Gasteiger partial charge on any atom is -0.480 e. The van der Waals surface area contributed by atoms with E-state index < -0.39 is 12.0 Å². The van der Waals surface area contributed by atoms with Crippen LogP contribution in [0, 0.1) is 0 Å². The number of nitrogens with one attached hydrogen (secondary N) is 1. The monoisotopic (exact) mass is 236 g/mol. The lowest BCUT2D eigenvalue weighted by Crippen LogP contribution is -2.38. The maximum atomic E-state index is 11.2. The molecule has 1 unspecified atom stereocenters. The maximum Gasteiger partial charge on any atom is 0.325 e. The first-order chi connectivity index (χ1) is 8.06. The summed E-state index contributed by atoms with van der Waals surface area (Å²) in [6, 6.07) is 8.03. The quantitative estimate of drug-likeness (QED) is 0.780. The lowest BCUT2D eigenvalue weighted by atomic mass is 10.1. The highest BCUT2D eigenvalue weighted by molar-refractivity contribution is 5.80. The van der Waals surface area contributed by atoms with Crippen LogP contribution in [0.3, 0.4) is 0 Å². The van der Waals surface area contributed by atoms with E-state index >= 15 is 0 Å². The van der Waals surface area contributed by atoms with Crippen molar-refractivity contribution >= 4 is 11.9 Å². The highest BCUT2D eigenvalue weighted by atomic mass is 16.4. The van der Waals surface area contributed by atoms with Gasteiger partial charge < -0.3 is 10.4 Å². The molecule has 1 amide bonds. The van der Waals surface area contributed by atoms with E-state index in [9.17, 15) is 14.7 Å². The normalized spacial score (nSPS) is 12.2. The first kappa shape index (κ1) is 13.2. The Bertz CT molecular complexity index is 392. The summed E-state index contributed by atoms with van der Waals surface area (Å²) >= 11 is 0. The van der Waals surface area contributed by atoms with Crippen LogP contribution in [0.5, 0.6) is 0 Å². The molecule has 5 heteroatoms. The first-order valence-electron chi connectivity index (χ1n) is 5.25. The third kappa shape index (κ3) is 3.57. The molecule has 5 nitrogen and oxygen atoms in total. The molecule has 0 saturated heterocycles. The molecule has 0 aromatic heterocycles. The number of rotatable bonds is 5. The smallest absolute Gasteiger partial charge is 0.325 e. The summed E-state index contributed by atoms with van der Waals surface area (Å²) in [5.41, 5.74) is 0.659. The van der Waals surface area contributed by atoms with E-state index in [2.05, 4.69) is 5.32 Å². The molecule has 17 heavy (non-hydrogen) atoms. The number of carbonyl (C=O) groups is 2. The molecule has 0 saturated carbocycles. The van der Waals surface area contributed by atoms with Crippen LogP contribution < -0.4 is 5.32 Å². The van der Waals surface area contributed by atoms with Gasteiger partial charge in [-0.25, -0.2) is 0 Å². The zero-order valence-electron chi connectivity index (χ0n) is 9.88. The summed E-state index contributed by atoms with van der Waals surface area (Å²) in [4.78, 5) is 24.0. The van der Waals surface area contributed by atoms with Crippen molar-refractivity contribution < 1.29 is 14.7 Å². The molecule has 1 atom stereocenters. The second-order valence-corrected chi connectivity index (χ2v) is 3.74. The largest absolute Gasteiger partial charge is 0.480 e. The number of carbonyl (C=O) groups excluding carboxylic acids is 1. The van der Waals surface area contributed by atoms with E-state index in [1.165, 1.54) is 11.9 Å². The minimum atomic E-state index is -0.970. The average Bonchev–Trinajstić information content (AvgIpc) is 2.29. The van der Waals surface area contributed by atoms with E-state index in [4.69, 9.17) is 0 Å². The Hall–Kier alpha value is -1.88. The predicted molar refractivity (Wildman–Crippen MR) is 63.5 cm³/mol. The number of carboxylic acids is 1. The Balaban J connectivity index is 2.87. The summed E-state index contributed by atoms with van der Waals surface area (Å²) in [6.45, 7) is 0.0440. The standard InChI is InChI=1S/C12H16N2O3/c1-13-10(15)8-14(2)11(12(16)17)9-6-4-3-5-7-9/h3-7,11H,8H2,1-2H3,(H,13,15)(H,16,17). The van der Waals surface area contributed by atoms with Gasteiger partial charge in [0.05, 0.1) is 6.54 Å². The average molecular weight is 236 g/mol. The van der Waals surface area contributed by atoms with Crippen LogP contribution in [0.2, 0.25) is 0 Å². The van der Waals surface area contributed by atoms with E-state index in [0.717, 1.165) is 0 Å². The lowest BCUT2D eigenvalue weighted by molar-refractivity contribution is -0.143. The number of hydrogen-bond acceptors (Lipinski definition) is 3. The molecular weight excluding hydrogens is 220 g/mol. The van der Waals surface area contributed by atoms with Crippen molar-refractivity contribution in [2.75, 3.05) is 20.6 Å². The second kappa shape index (κ2) is 6.00. The zero-order chi connectivity index (χ0) is 12.8. The van der Waals surface area contributed by atoms with Gasteiger partial charge in [0, 0.05) is 7.05 Å². The molecule has 0 fully saturated rings. The van der Waals surface area contributed by atoms with Crippen molar-refractivity contribution in [2.24, 2.45) is 0 Å². The molecule has 1 aromatic carbocycles. The van der Waals surface area contributed by atoms with Crippen LogP contribution in [0.1, 0.15) is 11.6 Å². The van der Waals surface area contributed by atoms with Gasteiger partial charge in [-0.3, -0.25) is 14.5 Å². The molecule has 0 heterocycles.